The summed E-state index contributed by atoms with van der Waals surface area (Å²) < 4.78 is 1.06. The molecule has 1 heterocycles. The molecule has 3 N–H and O–H groups in total. The van der Waals surface area contributed by atoms with E-state index in [1.165, 1.54) is 5.56 Å². The molecule has 2 aromatic carbocycles. The Morgan fingerprint density at radius 1 is 1.33 bits per heavy atom. The van der Waals surface area contributed by atoms with Crippen molar-refractivity contribution < 1.29 is 4.79 Å². The first kappa shape index (κ1) is 13.9. The second kappa shape index (κ2) is 5.41. The molecule has 3 rings (SSSR count). The molecule has 0 spiro atoms. The predicted molar refractivity (Wildman–Crippen MR) is 89.4 cm³/mol. The third-order valence-electron chi connectivity index (χ3n) is 3.60. The van der Waals surface area contributed by atoms with Gasteiger partial charge < -0.3 is 16.0 Å². The number of carbonyl (C=O) groups excluding carboxylic acids is 1. The van der Waals surface area contributed by atoms with Gasteiger partial charge in [0, 0.05) is 23.8 Å². The van der Waals surface area contributed by atoms with Crippen LogP contribution in [0.25, 0.3) is 0 Å². The fourth-order valence-corrected chi connectivity index (χ4v) is 3.05. The summed E-state index contributed by atoms with van der Waals surface area (Å²) in [6, 6.07) is 12.0. The predicted octanol–water partition coefficient (Wildman–Crippen LogP) is 3.16. The van der Waals surface area contributed by atoms with Gasteiger partial charge in [-0.1, -0.05) is 28.1 Å². The summed E-state index contributed by atoms with van der Waals surface area (Å²) in [4.78, 5) is 13.5. The Morgan fingerprint density at radius 2 is 2.14 bits per heavy atom. The zero-order chi connectivity index (χ0) is 15.0. The smallest absolute Gasteiger partial charge is 0.228 e. The van der Waals surface area contributed by atoms with Crippen LogP contribution in [0.4, 0.5) is 17.1 Å². The minimum Gasteiger partial charge on any atom is -0.397 e. The number of carbonyl (C=O) groups is 1. The molecule has 0 radical (unpaired) electrons. The molecule has 0 saturated carbocycles. The van der Waals surface area contributed by atoms with Gasteiger partial charge in [-0.2, -0.15) is 0 Å². The van der Waals surface area contributed by atoms with Gasteiger partial charge in [0.05, 0.1) is 17.8 Å². The zero-order valence-electron chi connectivity index (χ0n) is 11.7. The van der Waals surface area contributed by atoms with Crippen molar-refractivity contribution in [3.8, 4) is 0 Å². The standard InChI is InChI=1S/C16H16BrN3O/c1-20(9-10-3-2-4-12(17)5-10)15-8-14-11(6-13(15)18)7-16(21)19-14/h2-6,8H,7,9,18H2,1H3,(H,19,21). The molecule has 1 amide bonds. The summed E-state index contributed by atoms with van der Waals surface area (Å²) in [5.74, 6) is 0.0243. The van der Waals surface area contributed by atoms with E-state index in [2.05, 4.69) is 38.3 Å². The monoisotopic (exact) mass is 345 g/mol. The zero-order valence-corrected chi connectivity index (χ0v) is 13.3. The first-order chi connectivity index (χ1) is 10.0. The molecule has 0 bridgehead atoms. The molecule has 108 valence electrons. The van der Waals surface area contributed by atoms with Crippen molar-refractivity contribution in [3.63, 3.8) is 0 Å². The summed E-state index contributed by atoms with van der Waals surface area (Å²) in [6.45, 7) is 0.746. The van der Waals surface area contributed by atoms with Crippen molar-refractivity contribution in [3.05, 3.63) is 52.0 Å². The molecule has 4 nitrogen and oxygen atoms in total. The molecule has 1 aliphatic heterocycles. The number of halogens is 1. The lowest BCUT2D eigenvalue weighted by Crippen LogP contribution is -2.18. The van der Waals surface area contributed by atoms with E-state index in [1.807, 2.05) is 31.3 Å². The van der Waals surface area contributed by atoms with Crippen LogP contribution in [0.3, 0.4) is 0 Å². The highest BCUT2D eigenvalue weighted by Gasteiger charge is 2.20. The SMILES string of the molecule is CN(Cc1cccc(Br)c1)c1cc2c(cc1N)CC(=O)N2. The lowest BCUT2D eigenvalue weighted by Gasteiger charge is -2.22. The first-order valence-corrected chi connectivity index (χ1v) is 7.50. The second-order valence-corrected chi connectivity index (χ2v) is 6.19. The maximum absolute atomic E-state index is 11.5. The van der Waals surface area contributed by atoms with Gasteiger partial charge >= 0.3 is 0 Å². The highest BCUT2D eigenvalue weighted by atomic mass is 79.9. The summed E-state index contributed by atoms with van der Waals surface area (Å²) in [7, 11) is 2.00. The topological polar surface area (TPSA) is 58.4 Å². The van der Waals surface area contributed by atoms with Gasteiger partial charge in [0.1, 0.15) is 0 Å². The van der Waals surface area contributed by atoms with Crippen molar-refractivity contribution in [1.82, 2.24) is 0 Å². The van der Waals surface area contributed by atoms with E-state index in [-0.39, 0.29) is 5.91 Å². The molecular formula is C16H16BrN3O. The lowest BCUT2D eigenvalue weighted by atomic mass is 10.1. The molecule has 0 aliphatic carbocycles. The number of hydrogen-bond acceptors (Lipinski definition) is 3. The van der Waals surface area contributed by atoms with Crippen LogP contribution in [0.2, 0.25) is 0 Å². The Balaban J connectivity index is 1.87. The van der Waals surface area contributed by atoms with Crippen LogP contribution in [-0.2, 0) is 17.8 Å². The Morgan fingerprint density at radius 3 is 2.90 bits per heavy atom. The van der Waals surface area contributed by atoms with Crippen LogP contribution < -0.4 is 16.0 Å². The van der Waals surface area contributed by atoms with Gasteiger partial charge in [0.15, 0.2) is 0 Å². The Hall–Kier alpha value is -2.01. The summed E-state index contributed by atoms with van der Waals surface area (Å²) >= 11 is 3.48. The van der Waals surface area contributed by atoms with Gasteiger partial charge in [-0.25, -0.2) is 0 Å². The lowest BCUT2D eigenvalue weighted by molar-refractivity contribution is -0.115. The van der Waals surface area contributed by atoms with Crippen LogP contribution in [0, 0.1) is 0 Å². The fraction of sp³-hybridized carbons (Fsp3) is 0.188. The van der Waals surface area contributed by atoms with Crippen molar-refractivity contribution in [2.24, 2.45) is 0 Å². The van der Waals surface area contributed by atoms with Crippen LogP contribution in [0.15, 0.2) is 40.9 Å². The average Bonchev–Trinajstić information content (AvgIpc) is 2.76. The number of nitrogens with one attached hydrogen (secondary N) is 1. The molecule has 0 fully saturated rings. The number of rotatable bonds is 3. The maximum Gasteiger partial charge on any atom is 0.228 e. The number of fused-ring (bicyclic) bond motifs is 1. The minimum absolute atomic E-state index is 0.0243. The summed E-state index contributed by atoms with van der Waals surface area (Å²) in [5, 5.41) is 2.86. The van der Waals surface area contributed by atoms with Gasteiger partial charge in [-0.3, -0.25) is 4.79 Å². The Labute approximate surface area is 132 Å². The van der Waals surface area contributed by atoms with Gasteiger partial charge in [0.25, 0.3) is 0 Å². The number of anilines is 3. The van der Waals surface area contributed by atoms with Gasteiger partial charge in [0.2, 0.25) is 5.91 Å². The normalized spacial score (nSPS) is 13.0. The second-order valence-electron chi connectivity index (χ2n) is 5.28. The van der Waals surface area contributed by atoms with Crippen molar-refractivity contribution in [2.45, 2.75) is 13.0 Å². The van der Waals surface area contributed by atoms with E-state index in [0.717, 1.165) is 28.0 Å². The maximum atomic E-state index is 11.5. The Bertz CT molecular complexity index is 715. The number of amides is 1. The summed E-state index contributed by atoms with van der Waals surface area (Å²) in [6.07, 6.45) is 0.412. The van der Waals surface area contributed by atoms with E-state index < -0.39 is 0 Å². The average molecular weight is 346 g/mol. The van der Waals surface area contributed by atoms with E-state index in [1.54, 1.807) is 0 Å². The van der Waals surface area contributed by atoms with Crippen LogP contribution in [0.1, 0.15) is 11.1 Å². The van der Waals surface area contributed by atoms with Crippen LogP contribution in [-0.4, -0.2) is 13.0 Å². The molecule has 21 heavy (non-hydrogen) atoms. The van der Waals surface area contributed by atoms with Crippen molar-refractivity contribution in [1.29, 1.82) is 0 Å². The Kier molecular flexibility index (Phi) is 3.59. The largest absolute Gasteiger partial charge is 0.397 e. The van der Waals surface area contributed by atoms with Gasteiger partial charge in [-0.05, 0) is 35.4 Å². The highest BCUT2D eigenvalue weighted by Crippen LogP contribution is 2.33. The van der Waals surface area contributed by atoms with Gasteiger partial charge in [-0.15, -0.1) is 0 Å². The number of nitrogens with zero attached hydrogens (tertiary/aromatic N) is 1. The molecule has 1 aliphatic rings. The molecule has 0 atom stereocenters. The van der Waals surface area contributed by atoms with E-state index >= 15 is 0 Å². The molecule has 0 aromatic heterocycles. The third-order valence-corrected chi connectivity index (χ3v) is 4.09. The third kappa shape index (κ3) is 2.88. The molecular weight excluding hydrogens is 330 g/mol. The van der Waals surface area contributed by atoms with Crippen LogP contribution >= 0.6 is 15.9 Å². The molecule has 2 aromatic rings. The van der Waals surface area contributed by atoms with E-state index in [0.29, 0.717) is 12.1 Å². The van der Waals surface area contributed by atoms with E-state index in [4.69, 9.17) is 5.73 Å². The molecule has 0 unspecified atom stereocenters. The summed E-state index contributed by atoms with van der Waals surface area (Å²) in [5.41, 5.74) is 10.8. The van der Waals surface area contributed by atoms with Crippen molar-refractivity contribution in [2.75, 3.05) is 23.0 Å². The molecule has 0 saturated heterocycles. The quantitative estimate of drug-likeness (QED) is 0.840. The minimum atomic E-state index is 0.0243. The number of nitrogen functional groups attached to an aromatic ring is 1. The number of benzene rings is 2. The number of hydrogen-bond donors (Lipinski definition) is 2. The van der Waals surface area contributed by atoms with Crippen LogP contribution in [0.5, 0.6) is 0 Å². The number of nitrogens with two attached hydrogens (primary N) is 1. The highest BCUT2D eigenvalue weighted by molar-refractivity contribution is 9.10. The first-order valence-electron chi connectivity index (χ1n) is 6.71. The van der Waals surface area contributed by atoms with Crippen molar-refractivity contribution >= 4 is 38.9 Å². The molecule has 5 heteroatoms. The van der Waals surface area contributed by atoms with E-state index in [9.17, 15) is 4.79 Å². The fourth-order valence-electron chi connectivity index (χ4n) is 2.61.